The molecule has 4 aromatic rings. The molecule has 0 saturated carbocycles. The maximum absolute atomic E-state index is 14.2. The summed E-state index contributed by atoms with van der Waals surface area (Å²) in [7, 11) is 4.67. The second-order valence-electron chi connectivity index (χ2n) is 10.4. The van der Waals surface area contributed by atoms with Gasteiger partial charge in [0.15, 0.2) is 0 Å². The molecule has 2 amide bonds. The lowest BCUT2D eigenvalue weighted by Gasteiger charge is -2.34. The van der Waals surface area contributed by atoms with Gasteiger partial charge in [-0.15, -0.1) is 5.10 Å². The molecule has 0 unspecified atom stereocenters. The highest BCUT2D eigenvalue weighted by Crippen LogP contribution is 2.35. The number of para-hydroxylation sites is 1. The minimum absolute atomic E-state index is 0.123. The van der Waals surface area contributed by atoms with Gasteiger partial charge in [-0.3, -0.25) is 9.59 Å². The summed E-state index contributed by atoms with van der Waals surface area (Å²) in [4.78, 5) is 29.7. The van der Waals surface area contributed by atoms with E-state index in [0.29, 0.717) is 28.3 Å². The Morgan fingerprint density at radius 3 is 2.25 bits per heavy atom. The van der Waals surface area contributed by atoms with Crippen molar-refractivity contribution in [2.75, 3.05) is 21.3 Å². The summed E-state index contributed by atoms with van der Waals surface area (Å²) in [6.45, 7) is 5.69. The number of hydrogen-bond acceptors (Lipinski definition) is 7. The van der Waals surface area contributed by atoms with Crippen LogP contribution in [0.4, 0.5) is 0 Å². The van der Waals surface area contributed by atoms with E-state index in [1.54, 1.807) is 37.1 Å². The second-order valence-corrected chi connectivity index (χ2v) is 10.4. The molecule has 0 bridgehead atoms. The van der Waals surface area contributed by atoms with Crippen molar-refractivity contribution in [3.05, 3.63) is 77.9 Å². The highest BCUT2D eigenvalue weighted by atomic mass is 16.5. The van der Waals surface area contributed by atoms with E-state index in [0.717, 1.165) is 11.1 Å². The number of rotatable bonds is 10. The molecule has 0 fully saturated rings. The van der Waals surface area contributed by atoms with Gasteiger partial charge in [0, 0.05) is 17.6 Å². The molecule has 1 heterocycles. The summed E-state index contributed by atoms with van der Waals surface area (Å²) in [5.41, 5.74) is 2.14. The van der Waals surface area contributed by atoms with Gasteiger partial charge in [-0.25, -0.2) is 4.68 Å². The quantitative estimate of drug-likeness (QED) is 0.319. The first kappa shape index (κ1) is 28.4. The molecule has 0 aliphatic carbocycles. The topological polar surface area (TPSA) is 108 Å². The van der Waals surface area contributed by atoms with Crippen molar-refractivity contribution >= 4 is 22.8 Å². The summed E-state index contributed by atoms with van der Waals surface area (Å²) >= 11 is 0. The molecular formula is C30H35N5O5. The number of benzene rings is 3. The van der Waals surface area contributed by atoms with E-state index < -0.39 is 11.6 Å². The van der Waals surface area contributed by atoms with E-state index in [-0.39, 0.29) is 24.9 Å². The highest BCUT2D eigenvalue weighted by Gasteiger charge is 2.36. The van der Waals surface area contributed by atoms with E-state index >= 15 is 0 Å². The van der Waals surface area contributed by atoms with E-state index in [1.165, 1.54) is 12.0 Å². The van der Waals surface area contributed by atoms with Crippen LogP contribution >= 0.6 is 0 Å². The Balaban J connectivity index is 1.84. The fourth-order valence-corrected chi connectivity index (χ4v) is 4.45. The van der Waals surface area contributed by atoms with Crippen LogP contribution in [0, 0.1) is 0 Å². The minimum atomic E-state index is -1.05. The zero-order valence-electron chi connectivity index (χ0n) is 23.7. The molecule has 40 heavy (non-hydrogen) atoms. The number of nitrogens with one attached hydrogen (secondary N) is 1. The number of nitrogens with zero attached hydrogens (tertiary/aromatic N) is 4. The fourth-order valence-electron chi connectivity index (χ4n) is 4.45. The summed E-state index contributed by atoms with van der Waals surface area (Å²) in [5.74, 6) is 0.985. The van der Waals surface area contributed by atoms with Gasteiger partial charge in [0.25, 0.3) is 0 Å². The smallest absolute Gasteiger partial charge is 0.248 e. The van der Waals surface area contributed by atoms with Gasteiger partial charge in [0.05, 0.1) is 26.8 Å². The third kappa shape index (κ3) is 6.51. The Morgan fingerprint density at radius 1 is 0.925 bits per heavy atom. The lowest BCUT2D eigenvalue weighted by atomic mass is 9.99. The number of aromatic nitrogens is 3. The van der Waals surface area contributed by atoms with Crippen LogP contribution in [0.2, 0.25) is 0 Å². The van der Waals surface area contributed by atoms with Gasteiger partial charge in [-0.05, 0) is 68.8 Å². The van der Waals surface area contributed by atoms with E-state index in [9.17, 15) is 9.59 Å². The number of hydrogen-bond donors (Lipinski definition) is 1. The molecule has 0 aliphatic rings. The maximum Gasteiger partial charge on any atom is 0.248 e. The largest absolute Gasteiger partial charge is 0.497 e. The van der Waals surface area contributed by atoms with Crippen LogP contribution in [0.15, 0.2) is 66.7 Å². The summed E-state index contributed by atoms with van der Waals surface area (Å²) in [5, 5.41) is 11.4. The minimum Gasteiger partial charge on any atom is -0.497 e. The fraction of sp³-hybridized carbons (Fsp3) is 0.333. The van der Waals surface area contributed by atoms with Crippen LogP contribution in [0.5, 0.6) is 17.2 Å². The van der Waals surface area contributed by atoms with Crippen molar-refractivity contribution in [1.29, 1.82) is 0 Å². The average Bonchev–Trinajstić information content (AvgIpc) is 3.34. The van der Waals surface area contributed by atoms with Gasteiger partial charge in [-0.1, -0.05) is 29.5 Å². The van der Waals surface area contributed by atoms with Crippen LogP contribution in [-0.2, 0) is 22.7 Å². The Bertz CT molecular complexity index is 1480. The SMILES string of the molecule is COc1ccc(CN(C(=O)Cn2nnc3ccccc32)[C@@H](C(=O)NC(C)(C)C)c2cc(OC)ccc2OC)cc1. The van der Waals surface area contributed by atoms with Crippen molar-refractivity contribution in [1.82, 2.24) is 25.2 Å². The van der Waals surface area contributed by atoms with Crippen molar-refractivity contribution in [2.45, 2.75) is 45.4 Å². The zero-order chi connectivity index (χ0) is 28.9. The lowest BCUT2D eigenvalue weighted by molar-refractivity contribution is -0.142. The zero-order valence-corrected chi connectivity index (χ0v) is 23.7. The molecule has 1 atom stereocenters. The van der Waals surface area contributed by atoms with Crippen LogP contribution in [-0.4, -0.2) is 58.6 Å². The second kappa shape index (κ2) is 12.1. The molecule has 210 valence electrons. The van der Waals surface area contributed by atoms with Crippen LogP contribution < -0.4 is 19.5 Å². The van der Waals surface area contributed by atoms with Crippen LogP contribution in [0.3, 0.4) is 0 Å². The van der Waals surface area contributed by atoms with Crippen molar-refractivity contribution in [2.24, 2.45) is 0 Å². The van der Waals surface area contributed by atoms with Gasteiger partial charge in [-0.2, -0.15) is 0 Å². The molecular weight excluding hydrogens is 510 g/mol. The number of carbonyl (C=O) groups is 2. The molecule has 1 aromatic heterocycles. The van der Waals surface area contributed by atoms with Crippen molar-refractivity contribution in [3.63, 3.8) is 0 Å². The first-order valence-electron chi connectivity index (χ1n) is 12.9. The Hall–Kier alpha value is -4.60. The van der Waals surface area contributed by atoms with Gasteiger partial charge < -0.3 is 24.4 Å². The monoisotopic (exact) mass is 545 g/mol. The maximum atomic E-state index is 14.2. The molecule has 0 aliphatic heterocycles. The molecule has 0 radical (unpaired) electrons. The lowest BCUT2D eigenvalue weighted by Crippen LogP contribution is -2.49. The first-order chi connectivity index (χ1) is 19.1. The molecule has 0 spiro atoms. The average molecular weight is 546 g/mol. The van der Waals surface area contributed by atoms with Crippen molar-refractivity contribution < 1.29 is 23.8 Å². The molecule has 1 N–H and O–H groups in total. The van der Waals surface area contributed by atoms with Crippen LogP contribution in [0.1, 0.15) is 37.9 Å². The number of amides is 2. The molecule has 0 saturated heterocycles. The van der Waals surface area contributed by atoms with Gasteiger partial charge in [0.1, 0.15) is 35.4 Å². The van der Waals surface area contributed by atoms with Crippen molar-refractivity contribution in [3.8, 4) is 17.2 Å². The number of carbonyl (C=O) groups excluding carboxylic acids is 2. The normalized spacial score (nSPS) is 12.1. The molecule has 4 rings (SSSR count). The highest BCUT2D eigenvalue weighted by molar-refractivity contribution is 5.90. The van der Waals surface area contributed by atoms with Crippen LogP contribution in [0.25, 0.3) is 11.0 Å². The summed E-state index contributed by atoms with van der Waals surface area (Å²) in [6.07, 6.45) is 0. The Labute approximate surface area is 233 Å². The summed E-state index contributed by atoms with van der Waals surface area (Å²) in [6, 6.07) is 18.9. The first-order valence-corrected chi connectivity index (χ1v) is 12.9. The van der Waals surface area contributed by atoms with E-state index in [1.807, 2.05) is 69.3 Å². The number of ether oxygens (including phenoxy) is 3. The Morgan fingerprint density at radius 2 is 1.60 bits per heavy atom. The summed E-state index contributed by atoms with van der Waals surface area (Å²) < 4.78 is 18.0. The van der Waals surface area contributed by atoms with Gasteiger partial charge in [0.2, 0.25) is 11.8 Å². The molecule has 10 nitrogen and oxygen atoms in total. The number of methoxy groups -OCH3 is 3. The predicted molar refractivity (Wildman–Crippen MR) is 151 cm³/mol. The number of fused-ring (bicyclic) bond motifs is 1. The predicted octanol–water partition coefficient (Wildman–Crippen LogP) is 4.14. The van der Waals surface area contributed by atoms with Gasteiger partial charge >= 0.3 is 0 Å². The third-order valence-corrected chi connectivity index (χ3v) is 6.33. The standard InChI is InChI=1S/C30H35N5O5/c1-30(2,3)31-29(37)28(23-17-22(39-5)15-16-26(23)40-6)34(18-20-11-13-21(38-4)14-12-20)27(36)19-35-25-10-8-7-9-24(25)32-33-35/h7-17,28H,18-19H2,1-6H3,(H,31,37)/t28-/m1/s1. The van der Waals surface area contributed by atoms with E-state index in [4.69, 9.17) is 14.2 Å². The molecule has 3 aromatic carbocycles. The molecule has 10 heteroatoms. The third-order valence-electron chi connectivity index (χ3n) is 6.33. The van der Waals surface area contributed by atoms with E-state index in [2.05, 4.69) is 15.6 Å². The Kier molecular flexibility index (Phi) is 8.57.